The number of ether oxygens (including phenoxy) is 1. The minimum atomic E-state index is -0.684. The second-order valence-corrected chi connectivity index (χ2v) is 8.82. The summed E-state index contributed by atoms with van der Waals surface area (Å²) in [6, 6.07) is 18.8. The number of nitrogens with one attached hydrogen (secondary N) is 1. The van der Waals surface area contributed by atoms with E-state index in [0.717, 1.165) is 19.6 Å². The Morgan fingerprint density at radius 1 is 1.00 bits per heavy atom. The molecule has 0 saturated carbocycles. The summed E-state index contributed by atoms with van der Waals surface area (Å²) in [6.07, 6.45) is 1.40. The first-order valence-electron chi connectivity index (χ1n) is 11.4. The number of benzene rings is 3. The highest BCUT2D eigenvalue weighted by molar-refractivity contribution is 6.32. The van der Waals surface area contributed by atoms with Gasteiger partial charge >= 0.3 is 0 Å². The number of carbonyl (C=O) groups is 1. The van der Waals surface area contributed by atoms with Crippen molar-refractivity contribution >= 4 is 17.5 Å². The zero-order chi connectivity index (χ0) is 23.9. The molecule has 0 aromatic heterocycles. The average molecular weight is 485 g/mol. The van der Waals surface area contributed by atoms with Gasteiger partial charge < -0.3 is 10.1 Å². The van der Waals surface area contributed by atoms with E-state index in [-0.39, 0.29) is 17.6 Å². The lowest BCUT2D eigenvalue weighted by Gasteiger charge is -2.32. The Morgan fingerprint density at radius 3 is 2.38 bits per heavy atom. The van der Waals surface area contributed by atoms with E-state index in [2.05, 4.69) is 10.2 Å². The summed E-state index contributed by atoms with van der Waals surface area (Å²) in [7, 11) is 0. The molecule has 3 aromatic rings. The molecule has 0 bridgehead atoms. The predicted molar refractivity (Wildman–Crippen MR) is 129 cm³/mol. The number of nitrogens with zero attached hydrogens (tertiary/aromatic N) is 1. The fourth-order valence-electron chi connectivity index (χ4n) is 4.23. The number of halogens is 3. The van der Waals surface area contributed by atoms with E-state index in [1.807, 2.05) is 18.2 Å². The molecule has 0 unspecified atom stereocenters. The Morgan fingerprint density at radius 2 is 1.68 bits per heavy atom. The molecule has 0 aliphatic carbocycles. The van der Waals surface area contributed by atoms with Crippen molar-refractivity contribution in [2.45, 2.75) is 18.9 Å². The van der Waals surface area contributed by atoms with Crippen molar-refractivity contribution in [2.75, 3.05) is 26.2 Å². The van der Waals surface area contributed by atoms with Crippen LogP contribution < -0.4 is 10.1 Å². The van der Waals surface area contributed by atoms with Gasteiger partial charge in [-0.25, -0.2) is 8.78 Å². The number of amides is 1. The third kappa shape index (κ3) is 6.13. The molecule has 1 saturated heterocycles. The van der Waals surface area contributed by atoms with Crippen molar-refractivity contribution in [3.63, 3.8) is 0 Å². The van der Waals surface area contributed by atoms with Crippen molar-refractivity contribution in [1.82, 2.24) is 10.2 Å². The third-order valence-corrected chi connectivity index (χ3v) is 6.48. The van der Waals surface area contributed by atoms with Crippen LogP contribution in [0.15, 0.2) is 72.8 Å². The standard InChI is InChI=1S/C27H27ClF2N2O2/c28-23-6-2-4-8-25(23)34-18-17-32-15-13-20(14-16-32)27(33)31-26(19-9-11-21(29)12-10-19)22-5-1-3-7-24(22)30/h1-12,20,26H,13-18H2,(H,31,33)/t26-/m0/s1. The number of rotatable bonds is 8. The molecule has 34 heavy (non-hydrogen) atoms. The summed E-state index contributed by atoms with van der Waals surface area (Å²) >= 11 is 6.12. The molecule has 178 valence electrons. The summed E-state index contributed by atoms with van der Waals surface area (Å²) < 4.78 is 33.8. The lowest BCUT2D eigenvalue weighted by molar-refractivity contribution is -0.127. The van der Waals surface area contributed by atoms with E-state index in [4.69, 9.17) is 16.3 Å². The number of para-hydroxylation sites is 1. The van der Waals surface area contributed by atoms with Gasteiger partial charge in [-0.3, -0.25) is 9.69 Å². The Hall–Kier alpha value is -2.96. The second-order valence-electron chi connectivity index (χ2n) is 8.41. The van der Waals surface area contributed by atoms with Crippen molar-refractivity contribution < 1.29 is 18.3 Å². The number of piperidine rings is 1. The van der Waals surface area contributed by atoms with Gasteiger partial charge in [0.1, 0.15) is 24.0 Å². The second kappa shape index (κ2) is 11.4. The highest BCUT2D eigenvalue weighted by Gasteiger charge is 2.28. The van der Waals surface area contributed by atoms with Crippen LogP contribution in [0.5, 0.6) is 5.75 Å². The van der Waals surface area contributed by atoms with Crippen molar-refractivity contribution in [2.24, 2.45) is 5.92 Å². The average Bonchev–Trinajstić information content (AvgIpc) is 2.85. The van der Waals surface area contributed by atoms with Crippen LogP contribution in [0.2, 0.25) is 5.02 Å². The Balaban J connectivity index is 1.33. The molecule has 1 aliphatic rings. The first-order chi connectivity index (χ1) is 16.5. The molecular formula is C27H27ClF2N2O2. The summed E-state index contributed by atoms with van der Waals surface area (Å²) in [4.78, 5) is 15.4. The van der Waals surface area contributed by atoms with E-state index >= 15 is 0 Å². The molecular weight excluding hydrogens is 458 g/mol. The highest BCUT2D eigenvalue weighted by Crippen LogP contribution is 2.27. The molecule has 1 N–H and O–H groups in total. The van der Waals surface area contributed by atoms with Gasteiger partial charge in [-0.15, -0.1) is 0 Å². The maximum atomic E-state index is 14.6. The highest BCUT2D eigenvalue weighted by atomic mass is 35.5. The molecule has 0 spiro atoms. The number of carbonyl (C=O) groups excluding carboxylic acids is 1. The number of likely N-dealkylation sites (tertiary alicyclic amines) is 1. The van der Waals surface area contributed by atoms with Crippen molar-refractivity contribution in [1.29, 1.82) is 0 Å². The predicted octanol–water partition coefficient (Wildman–Crippen LogP) is 5.61. The zero-order valence-electron chi connectivity index (χ0n) is 18.7. The van der Waals surface area contributed by atoms with E-state index in [0.29, 0.717) is 41.3 Å². The topological polar surface area (TPSA) is 41.6 Å². The molecule has 1 amide bonds. The van der Waals surface area contributed by atoms with Crippen LogP contribution in [0.3, 0.4) is 0 Å². The molecule has 3 aromatic carbocycles. The Bertz CT molecular complexity index is 1100. The van der Waals surface area contributed by atoms with Crippen molar-refractivity contribution in [3.8, 4) is 5.75 Å². The Labute approximate surface area is 203 Å². The van der Waals surface area contributed by atoms with Crippen LogP contribution in [0, 0.1) is 17.6 Å². The summed E-state index contributed by atoms with van der Waals surface area (Å²) in [6.45, 7) is 2.79. The lowest BCUT2D eigenvalue weighted by atomic mass is 9.93. The van der Waals surface area contributed by atoms with Crippen molar-refractivity contribution in [3.05, 3.63) is 101 Å². The van der Waals surface area contributed by atoms with E-state index in [1.54, 1.807) is 36.4 Å². The molecule has 0 radical (unpaired) electrons. The summed E-state index contributed by atoms with van der Waals surface area (Å²) in [5, 5.41) is 3.59. The van der Waals surface area contributed by atoms with Gasteiger partial charge in [0.05, 0.1) is 11.1 Å². The van der Waals surface area contributed by atoms with Gasteiger partial charge in [0.25, 0.3) is 0 Å². The zero-order valence-corrected chi connectivity index (χ0v) is 19.5. The van der Waals surface area contributed by atoms with Crippen LogP contribution in [0.1, 0.15) is 30.0 Å². The van der Waals surface area contributed by atoms with Crippen LogP contribution in [0.4, 0.5) is 8.78 Å². The first-order valence-corrected chi connectivity index (χ1v) is 11.8. The first kappa shape index (κ1) is 24.2. The van der Waals surface area contributed by atoms with Gasteiger partial charge in [-0.05, 0) is 61.8 Å². The third-order valence-electron chi connectivity index (χ3n) is 6.17. The minimum absolute atomic E-state index is 0.121. The number of hydrogen-bond donors (Lipinski definition) is 1. The molecule has 1 heterocycles. The van der Waals surface area contributed by atoms with Crippen LogP contribution in [0.25, 0.3) is 0 Å². The molecule has 1 atom stereocenters. The van der Waals surface area contributed by atoms with Gasteiger partial charge in [0.2, 0.25) is 5.91 Å². The van der Waals surface area contributed by atoms with Gasteiger partial charge in [-0.1, -0.05) is 54.1 Å². The molecule has 1 fully saturated rings. The molecule has 1 aliphatic heterocycles. The molecule has 7 heteroatoms. The quantitative estimate of drug-likeness (QED) is 0.451. The van der Waals surface area contributed by atoms with Gasteiger partial charge in [0, 0.05) is 18.0 Å². The lowest BCUT2D eigenvalue weighted by Crippen LogP contribution is -2.43. The normalized spacial score (nSPS) is 15.6. The maximum absolute atomic E-state index is 14.6. The summed E-state index contributed by atoms with van der Waals surface area (Å²) in [5.74, 6) is -0.419. The van der Waals surface area contributed by atoms with Crippen LogP contribution >= 0.6 is 11.6 Å². The smallest absolute Gasteiger partial charge is 0.223 e. The largest absolute Gasteiger partial charge is 0.491 e. The molecule has 4 nitrogen and oxygen atoms in total. The minimum Gasteiger partial charge on any atom is -0.491 e. The SMILES string of the molecule is O=C(N[C@@H](c1ccc(F)cc1)c1ccccc1F)C1CCN(CCOc2ccccc2Cl)CC1. The fraction of sp³-hybridized carbons (Fsp3) is 0.296. The maximum Gasteiger partial charge on any atom is 0.223 e. The summed E-state index contributed by atoms with van der Waals surface area (Å²) in [5.41, 5.74) is 0.991. The van der Waals surface area contributed by atoms with E-state index in [1.165, 1.54) is 18.2 Å². The van der Waals surface area contributed by atoms with E-state index in [9.17, 15) is 13.6 Å². The Kier molecular flexibility index (Phi) is 8.14. The monoisotopic (exact) mass is 484 g/mol. The van der Waals surface area contributed by atoms with Crippen LogP contribution in [-0.4, -0.2) is 37.0 Å². The molecule has 4 rings (SSSR count). The van der Waals surface area contributed by atoms with Gasteiger partial charge in [-0.2, -0.15) is 0 Å². The fourth-order valence-corrected chi connectivity index (χ4v) is 4.42. The van der Waals surface area contributed by atoms with E-state index < -0.39 is 11.9 Å². The number of hydrogen-bond acceptors (Lipinski definition) is 3. The van der Waals surface area contributed by atoms with Crippen LogP contribution in [-0.2, 0) is 4.79 Å². The van der Waals surface area contributed by atoms with Gasteiger partial charge in [0.15, 0.2) is 0 Å².